The number of ether oxygens (including phenoxy) is 1. The first-order chi connectivity index (χ1) is 11.2. The molecule has 7 nitrogen and oxygen atoms in total. The predicted octanol–water partition coefficient (Wildman–Crippen LogP) is 2.95. The lowest BCUT2D eigenvalue weighted by Crippen LogP contribution is -2.44. The van der Waals surface area contributed by atoms with Crippen LogP contribution >= 0.6 is 0 Å². The highest BCUT2D eigenvalue weighted by atomic mass is 16.6. The van der Waals surface area contributed by atoms with E-state index in [0.29, 0.717) is 5.71 Å². The zero-order valence-corrected chi connectivity index (χ0v) is 14.7. The molecular formula is C17H26N2O5. The molecule has 0 aliphatic carbocycles. The molecule has 1 saturated heterocycles. The molecule has 0 aromatic carbocycles. The van der Waals surface area contributed by atoms with Gasteiger partial charge in [-0.1, -0.05) is 11.2 Å². The Morgan fingerprint density at radius 2 is 2.04 bits per heavy atom. The van der Waals surface area contributed by atoms with E-state index in [9.17, 15) is 9.59 Å². The van der Waals surface area contributed by atoms with Gasteiger partial charge in [-0.2, -0.15) is 0 Å². The summed E-state index contributed by atoms with van der Waals surface area (Å²) in [4.78, 5) is 29.8. The molecule has 1 unspecified atom stereocenters. The van der Waals surface area contributed by atoms with Crippen LogP contribution in [-0.4, -0.2) is 52.1 Å². The molecular weight excluding hydrogens is 312 g/mol. The van der Waals surface area contributed by atoms with Crippen LogP contribution in [0.1, 0.15) is 53.4 Å². The third kappa shape index (κ3) is 4.49. The van der Waals surface area contributed by atoms with Gasteiger partial charge in [-0.05, 0) is 59.0 Å². The van der Waals surface area contributed by atoms with Crippen LogP contribution < -0.4 is 0 Å². The van der Waals surface area contributed by atoms with Crippen LogP contribution in [0.5, 0.6) is 0 Å². The van der Waals surface area contributed by atoms with Crippen molar-refractivity contribution in [3.8, 4) is 0 Å². The summed E-state index contributed by atoms with van der Waals surface area (Å²) in [6, 6.07) is 0.0795. The number of fused-ring (bicyclic) bond motifs is 2. The quantitative estimate of drug-likeness (QED) is 0.629. The topological polar surface area (TPSA) is 88.4 Å². The van der Waals surface area contributed by atoms with E-state index in [2.05, 4.69) is 11.2 Å². The fourth-order valence-corrected chi connectivity index (χ4v) is 3.26. The minimum absolute atomic E-state index is 0.0930. The molecule has 2 aliphatic rings. The highest BCUT2D eigenvalue weighted by molar-refractivity contribution is 5.99. The molecule has 134 valence electrons. The molecule has 0 radical (unpaired) electrons. The monoisotopic (exact) mass is 338 g/mol. The number of hydrogen-bond acceptors (Lipinski definition) is 5. The molecule has 1 amide bonds. The number of allylic oxidation sites excluding steroid dienone is 1. The maximum atomic E-state index is 12.6. The van der Waals surface area contributed by atoms with Gasteiger partial charge in [0.15, 0.2) is 0 Å². The normalized spacial score (nSPS) is 24.2. The van der Waals surface area contributed by atoms with Crippen molar-refractivity contribution in [2.24, 2.45) is 5.16 Å². The highest BCUT2D eigenvalue weighted by Gasteiger charge is 2.42. The summed E-state index contributed by atoms with van der Waals surface area (Å²) >= 11 is 0. The SMILES string of the molecule is C/C(=N\OCC(=O)O)C1=CCC[C@H]2CCC1N2C(=O)OC(C)(C)C. The average molecular weight is 338 g/mol. The summed E-state index contributed by atoms with van der Waals surface area (Å²) in [5, 5.41) is 12.5. The van der Waals surface area contributed by atoms with E-state index in [1.165, 1.54) is 0 Å². The number of rotatable bonds is 4. The summed E-state index contributed by atoms with van der Waals surface area (Å²) in [6.45, 7) is 6.86. The zero-order chi connectivity index (χ0) is 17.9. The Morgan fingerprint density at radius 1 is 1.33 bits per heavy atom. The van der Waals surface area contributed by atoms with Crippen LogP contribution in [0.25, 0.3) is 0 Å². The number of nitrogens with zero attached hydrogens (tertiary/aromatic N) is 2. The third-order valence-electron chi connectivity index (χ3n) is 4.14. The summed E-state index contributed by atoms with van der Waals surface area (Å²) in [5.41, 5.74) is 0.990. The van der Waals surface area contributed by atoms with Crippen LogP contribution in [0, 0.1) is 0 Å². The molecule has 2 rings (SSSR count). The van der Waals surface area contributed by atoms with Gasteiger partial charge in [-0.25, -0.2) is 9.59 Å². The van der Waals surface area contributed by atoms with Gasteiger partial charge in [0.25, 0.3) is 0 Å². The molecule has 1 N–H and O–H groups in total. The maximum absolute atomic E-state index is 12.6. The second-order valence-corrected chi connectivity index (χ2v) is 7.22. The number of oxime groups is 1. The van der Waals surface area contributed by atoms with Crippen molar-refractivity contribution in [2.45, 2.75) is 71.1 Å². The molecule has 2 heterocycles. The van der Waals surface area contributed by atoms with Crippen LogP contribution in [-0.2, 0) is 14.4 Å². The first-order valence-electron chi connectivity index (χ1n) is 8.29. The largest absolute Gasteiger partial charge is 0.479 e. The summed E-state index contributed by atoms with van der Waals surface area (Å²) in [6.07, 6.45) is 5.29. The van der Waals surface area contributed by atoms with Gasteiger partial charge in [0.1, 0.15) is 5.60 Å². The van der Waals surface area contributed by atoms with E-state index in [-0.39, 0.29) is 18.2 Å². The van der Waals surface area contributed by atoms with Gasteiger partial charge in [-0.3, -0.25) is 4.90 Å². The van der Waals surface area contributed by atoms with Gasteiger partial charge in [0.05, 0.1) is 11.8 Å². The van der Waals surface area contributed by atoms with Gasteiger partial charge >= 0.3 is 12.1 Å². The molecule has 2 atom stereocenters. The minimum Gasteiger partial charge on any atom is -0.479 e. The number of carbonyl (C=O) groups excluding carboxylic acids is 1. The van der Waals surface area contributed by atoms with E-state index in [1.54, 1.807) is 6.92 Å². The standard InChI is InChI=1S/C17H26N2O5/c1-11(18-23-10-15(20)21)13-7-5-6-12-8-9-14(13)19(12)16(22)24-17(2,3)4/h7,12,14H,5-6,8-10H2,1-4H3,(H,20,21)/b18-11+/t12-,14?/m0/s1. The Hall–Kier alpha value is -2.05. The second kappa shape index (κ2) is 7.23. The number of carbonyl (C=O) groups is 2. The summed E-state index contributed by atoms with van der Waals surface area (Å²) < 4.78 is 5.57. The summed E-state index contributed by atoms with van der Waals surface area (Å²) in [7, 11) is 0. The molecule has 2 aliphatic heterocycles. The van der Waals surface area contributed by atoms with Crippen molar-refractivity contribution in [3.63, 3.8) is 0 Å². The van der Waals surface area contributed by atoms with Gasteiger partial charge < -0.3 is 14.7 Å². The number of carboxylic acids is 1. The lowest BCUT2D eigenvalue weighted by molar-refractivity contribution is -0.142. The number of hydrogen-bond donors (Lipinski definition) is 1. The molecule has 24 heavy (non-hydrogen) atoms. The van der Waals surface area contributed by atoms with Crippen molar-refractivity contribution in [2.75, 3.05) is 6.61 Å². The van der Waals surface area contributed by atoms with Crippen LogP contribution in [0.4, 0.5) is 4.79 Å². The Bertz CT molecular complexity index is 562. The Kier molecular flexibility index (Phi) is 5.51. The van der Waals surface area contributed by atoms with Gasteiger partial charge in [0, 0.05) is 6.04 Å². The Labute approximate surface area is 142 Å². The van der Waals surface area contributed by atoms with Gasteiger partial charge in [-0.15, -0.1) is 0 Å². The number of amides is 1. The van der Waals surface area contributed by atoms with Crippen molar-refractivity contribution in [1.29, 1.82) is 0 Å². The van der Waals surface area contributed by atoms with E-state index in [0.717, 1.165) is 31.3 Å². The van der Waals surface area contributed by atoms with Crippen molar-refractivity contribution in [1.82, 2.24) is 4.90 Å². The first-order valence-corrected chi connectivity index (χ1v) is 8.29. The van der Waals surface area contributed by atoms with Crippen molar-refractivity contribution in [3.05, 3.63) is 11.6 Å². The molecule has 0 aromatic rings. The molecule has 0 spiro atoms. The summed E-state index contributed by atoms with van der Waals surface area (Å²) in [5.74, 6) is -1.07. The van der Waals surface area contributed by atoms with E-state index in [1.807, 2.05) is 25.7 Å². The number of carboxylic acid groups (broad SMARTS) is 1. The van der Waals surface area contributed by atoms with E-state index >= 15 is 0 Å². The first kappa shape index (κ1) is 18.3. The molecule has 7 heteroatoms. The lowest BCUT2D eigenvalue weighted by atomic mass is 9.97. The Balaban J connectivity index is 2.17. The third-order valence-corrected chi connectivity index (χ3v) is 4.14. The molecule has 1 fully saturated rings. The number of aliphatic carboxylic acids is 1. The average Bonchev–Trinajstić information content (AvgIpc) is 2.72. The molecule has 2 bridgehead atoms. The second-order valence-electron chi connectivity index (χ2n) is 7.22. The van der Waals surface area contributed by atoms with Crippen LogP contribution in [0.3, 0.4) is 0 Å². The Morgan fingerprint density at radius 3 is 2.67 bits per heavy atom. The molecule has 0 aromatic heterocycles. The maximum Gasteiger partial charge on any atom is 0.411 e. The fourth-order valence-electron chi connectivity index (χ4n) is 3.26. The van der Waals surface area contributed by atoms with E-state index in [4.69, 9.17) is 14.7 Å². The predicted molar refractivity (Wildman–Crippen MR) is 88.9 cm³/mol. The van der Waals surface area contributed by atoms with E-state index < -0.39 is 18.2 Å². The minimum atomic E-state index is -1.07. The zero-order valence-electron chi connectivity index (χ0n) is 14.7. The van der Waals surface area contributed by atoms with Crippen molar-refractivity contribution >= 4 is 17.8 Å². The van der Waals surface area contributed by atoms with Crippen molar-refractivity contribution < 1.29 is 24.3 Å². The lowest BCUT2D eigenvalue weighted by Gasteiger charge is -2.32. The van der Waals surface area contributed by atoms with Crippen LogP contribution in [0.2, 0.25) is 0 Å². The molecule has 0 saturated carbocycles. The van der Waals surface area contributed by atoms with Crippen LogP contribution in [0.15, 0.2) is 16.8 Å². The fraction of sp³-hybridized carbons (Fsp3) is 0.706. The van der Waals surface area contributed by atoms with Gasteiger partial charge in [0.2, 0.25) is 6.61 Å². The smallest absolute Gasteiger partial charge is 0.411 e. The highest BCUT2D eigenvalue weighted by Crippen LogP contribution is 2.36.